The van der Waals surface area contributed by atoms with Crippen LogP contribution in [0.1, 0.15) is 33.3 Å². The van der Waals surface area contributed by atoms with Gasteiger partial charge in [-0.2, -0.15) is 0 Å². The Bertz CT molecular complexity index is 579. The minimum Gasteiger partial charge on any atom is -0.491 e. The molecule has 21 heavy (non-hydrogen) atoms. The SMILES string of the molecule is CCNc1ncnc(-c2ccc(OC(C)C)cc2)c1CC. The van der Waals surface area contributed by atoms with Gasteiger partial charge in [-0.25, -0.2) is 9.97 Å². The second kappa shape index (κ2) is 7.07. The van der Waals surface area contributed by atoms with Gasteiger partial charge >= 0.3 is 0 Å². The van der Waals surface area contributed by atoms with E-state index in [9.17, 15) is 0 Å². The van der Waals surface area contributed by atoms with E-state index in [-0.39, 0.29) is 6.10 Å². The third-order valence-electron chi connectivity index (χ3n) is 3.14. The molecular formula is C17H23N3O. The number of rotatable bonds is 6. The standard InChI is InChI=1S/C17H23N3O/c1-5-15-16(19-11-20-17(15)18-6-2)13-7-9-14(10-8-13)21-12(3)4/h7-12H,5-6H2,1-4H3,(H,18,19,20). The normalized spacial score (nSPS) is 10.7. The lowest BCUT2D eigenvalue weighted by Gasteiger charge is -2.13. The molecule has 0 fully saturated rings. The number of nitrogens with one attached hydrogen (secondary N) is 1. The molecule has 0 unspecified atom stereocenters. The van der Waals surface area contributed by atoms with E-state index in [1.54, 1.807) is 6.33 Å². The van der Waals surface area contributed by atoms with Crippen molar-refractivity contribution in [2.75, 3.05) is 11.9 Å². The lowest BCUT2D eigenvalue weighted by molar-refractivity contribution is 0.242. The zero-order chi connectivity index (χ0) is 15.2. The van der Waals surface area contributed by atoms with Gasteiger partial charge in [0.2, 0.25) is 0 Å². The molecule has 0 saturated carbocycles. The summed E-state index contributed by atoms with van der Waals surface area (Å²) >= 11 is 0. The van der Waals surface area contributed by atoms with Crippen molar-refractivity contribution < 1.29 is 4.74 Å². The van der Waals surface area contributed by atoms with E-state index in [1.165, 1.54) is 0 Å². The smallest absolute Gasteiger partial charge is 0.133 e. The van der Waals surface area contributed by atoms with Crippen molar-refractivity contribution in [2.24, 2.45) is 0 Å². The minimum absolute atomic E-state index is 0.182. The molecule has 0 aliphatic heterocycles. The maximum absolute atomic E-state index is 5.68. The summed E-state index contributed by atoms with van der Waals surface area (Å²) in [6, 6.07) is 8.08. The molecule has 4 heteroatoms. The molecule has 0 amide bonds. The molecule has 2 aromatic rings. The van der Waals surface area contributed by atoms with Crippen molar-refractivity contribution in [1.82, 2.24) is 9.97 Å². The summed E-state index contributed by atoms with van der Waals surface area (Å²) in [4.78, 5) is 8.80. The molecule has 2 rings (SSSR count). The van der Waals surface area contributed by atoms with Crippen LogP contribution in [0.2, 0.25) is 0 Å². The first-order chi connectivity index (χ1) is 10.2. The van der Waals surface area contributed by atoms with Gasteiger partial charge in [-0.05, 0) is 51.5 Å². The molecule has 1 aromatic heterocycles. The van der Waals surface area contributed by atoms with Gasteiger partial charge in [0.15, 0.2) is 0 Å². The van der Waals surface area contributed by atoms with Crippen LogP contribution in [0.3, 0.4) is 0 Å². The summed E-state index contributed by atoms with van der Waals surface area (Å²) < 4.78 is 5.68. The van der Waals surface area contributed by atoms with Crippen LogP contribution in [-0.4, -0.2) is 22.6 Å². The topological polar surface area (TPSA) is 47.0 Å². The van der Waals surface area contributed by atoms with E-state index in [0.29, 0.717) is 0 Å². The van der Waals surface area contributed by atoms with E-state index >= 15 is 0 Å². The van der Waals surface area contributed by atoms with Crippen LogP contribution in [0.25, 0.3) is 11.3 Å². The lowest BCUT2D eigenvalue weighted by atomic mass is 10.0. The van der Waals surface area contributed by atoms with Crippen molar-refractivity contribution in [3.05, 3.63) is 36.2 Å². The highest BCUT2D eigenvalue weighted by Gasteiger charge is 2.11. The second-order valence-electron chi connectivity index (χ2n) is 5.12. The maximum atomic E-state index is 5.68. The first-order valence-electron chi connectivity index (χ1n) is 7.50. The number of hydrogen-bond acceptors (Lipinski definition) is 4. The Hall–Kier alpha value is -2.10. The highest BCUT2D eigenvalue weighted by Crippen LogP contribution is 2.27. The fourth-order valence-corrected chi connectivity index (χ4v) is 2.28. The molecule has 1 aromatic carbocycles. The Kier molecular flexibility index (Phi) is 5.14. The van der Waals surface area contributed by atoms with Crippen LogP contribution >= 0.6 is 0 Å². The van der Waals surface area contributed by atoms with Crippen molar-refractivity contribution in [2.45, 2.75) is 40.2 Å². The lowest BCUT2D eigenvalue weighted by Crippen LogP contribution is -2.06. The van der Waals surface area contributed by atoms with E-state index < -0.39 is 0 Å². The fourth-order valence-electron chi connectivity index (χ4n) is 2.28. The second-order valence-corrected chi connectivity index (χ2v) is 5.12. The monoisotopic (exact) mass is 285 g/mol. The van der Waals surface area contributed by atoms with Crippen LogP contribution in [0.15, 0.2) is 30.6 Å². The molecule has 0 aliphatic carbocycles. The molecule has 0 atom stereocenters. The zero-order valence-electron chi connectivity index (χ0n) is 13.2. The van der Waals surface area contributed by atoms with Gasteiger partial charge < -0.3 is 10.1 Å². The minimum atomic E-state index is 0.182. The molecule has 112 valence electrons. The predicted octanol–water partition coefficient (Wildman–Crippen LogP) is 3.93. The number of nitrogens with zero attached hydrogens (tertiary/aromatic N) is 2. The summed E-state index contributed by atoms with van der Waals surface area (Å²) in [7, 11) is 0. The van der Waals surface area contributed by atoms with Crippen LogP contribution in [0, 0.1) is 0 Å². The molecule has 0 spiro atoms. The van der Waals surface area contributed by atoms with E-state index in [2.05, 4.69) is 41.3 Å². The van der Waals surface area contributed by atoms with E-state index in [1.807, 2.05) is 26.0 Å². The largest absolute Gasteiger partial charge is 0.491 e. The maximum Gasteiger partial charge on any atom is 0.133 e. The third-order valence-corrected chi connectivity index (χ3v) is 3.14. The van der Waals surface area contributed by atoms with Crippen LogP contribution in [-0.2, 0) is 6.42 Å². The van der Waals surface area contributed by atoms with Crippen molar-refractivity contribution >= 4 is 5.82 Å². The molecular weight excluding hydrogens is 262 g/mol. The summed E-state index contributed by atoms with van der Waals surface area (Å²) in [5.74, 6) is 1.81. The average molecular weight is 285 g/mol. The van der Waals surface area contributed by atoms with Gasteiger partial charge in [-0.15, -0.1) is 0 Å². The number of anilines is 1. The highest BCUT2D eigenvalue weighted by atomic mass is 16.5. The Labute approximate surface area is 126 Å². The fraction of sp³-hybridized carbons (Fsp3) is 0.412. The Morgan fingerprint density at radius 1 is 1.10 bits per heavy atom. The summed E-state index contributed by atoms with van der Waals surface area (Å²) in [5.41, 5.74) is 3.22. The van der Waals surface area contributed by atoms with Crippen LogP contribution in [0.5, 0.6) is 5.75 Å². The third kappa shape index (κ3) is 3.72. The number of hydrogen-bond donors (Lipinski definition) is 1. The quantitative estimate of drug-likeness (QED) is 0.873. The van der Waals surface area contributed by atoms with Crippen molar-refractivity contribution in [3.63, 3.8) is 0 Å². The number of ether oxygens (including phenoxy) is 1. The summed E-state index contributed by atoms with van der Waals surface area (Å²) in [6.45, 7) is 9.09. The van der Waals surface area contributed by atoms with Gasteiger partial charge in [0.1, 0.15) is 17.9 Å². The first-order valence-corrected chi connectivity index (χ1v) is 7.50. The van der Waals surface area contributed by atoms with Gasteiger partial charge in [-0.3, -0.25) is 0 Å². The summed E-state index contributed by atoms with van der Waals surface area (Å²) in [5, 5.41) is 3.30. The molecule has 1 heterocycles. The molecule has 0 saturated heterocycles. The zero-order valence-corrected chi connectivity index (χ0v) is 13.2. The van der Waals surface area contributed by atoms with Gasteiger partial charge in [0.05, 0.1) is 11.8 Å². The Balaban J connectivity index is 2.35. The number of aromatic nitrogens is 2. The van der Waals surface area contributed by atoms with Gasteiger partial charge in [0.25, 0.3) is 0 Å². The molecule has 4 nitrogen and oxygen atoms in total. The average Bonchev–Trinajstić information content (AvgIpc) is 2.47. The molecule has 0 aliphatic rings. The predicted molar refractivity (Wildman–Crippen MR) is 86.8 cm³/mol. The highest BCUT2D eigenvalue weighted by molar-refractivity contribution is 5.68. The molecule has 0 bridgehead atoms. The van der Waals surface area contributed by atoms with Gasteiger partial charge in [0, 0.05) is 17.7 Å². The molecule has 1 N–H and O–H groups in total. The summed E-state index contributed by atoms with van der Waals surface area (Å²) in [6.07, 6.45) is 2.69. The van der Waals surface area contributed by atoms with Crippen molar-refractivity contribution in [3.8, 4) is 17.0 Å². The van der Waals surface area contributed by atoms with E-state index in [0.717, 1.165) is 41.4 Å². The number of benzene rings is 1. The Morgan fingerprint density at radius 3 is 2.38 bits per heavy atom. The van der Waals surface area contributed by atoms with Gasteiger partial charge in [-0.1, -0.05) is 6.92 Å². The van der Waals surface area contributed by atoms with Crippen LogP contribution < -0.4 is 10.1 Å². The van der Waals surface area contributed by atoms with Crippen LogP contribution in [0.4, 0.5) is 5.82 Å². The first kappa shape index (κ1) is 15.3. The van der Waals surface area contributed by atoms with E-state index in [4.69, 9.17) is 4.74 Å². The molecule has 0 radical (unpaired) electrons. The van der Waals surface area contributed by atoms with Crippen molar-refractivity contribution in [1.29, 1.82) is 0 Å². The Morgan fingerprint density at radius 2 is 1.81 bits per heavy atom.